The third-order valence-corrected chi connectivity index (χ3v) is 2.25. The van der Waals surface area contributed by atoms with Gasteiger partial charge in [0.25, 0.3) is 5.92 Å². The average Bonchev–Trinajstić information content (AvgIpc) is 2.27. The molecule has 0 aliphatic carbocycles. The van der Waals surface area contributed by atoms with Gasteiger partial charge in [-0.2, -0.15) is 8.78 Å². The largest absolute Gasteiger partial charge is 0.368 e. The highest BCUT2D eigenvalue weighted by Crippen LogP contribution is 2.26. The van der Waals surface area contributed by atoms with Gasteiger partial charge in [0.15, 0.2) is 0 Å². The number of primary amides is 1. The number of carbonyl (C=O) groups is 1. The number of halogens is 2. The smallest absolute Gasteiger partial charge is 0.285 e. The van der Waals surface area contributed by atoms with Gasteiger partial charge in [-0.25, -0.2) is 0 Å². The third-order valence-electron chi connectivity index (χ3n) is 2.25. The number of amides is 1. The Hall–Kier alpha value is -1.49. The minimum Gasteiger partial charge on any atom is -0.368 e. The van der Waals surface area contributed by atoms with E-state index in [-0.39, 0.29) is 5.56 Å². The molecule has 0 fully saturated rings. The molecule has 1 atom stereocenters. The van der Waals surface area contributed by atoms with E-state index in [9.17, 15) is 13.6 Å². The summed E-state index contributed by atoms with van der Waals surface area (Å²) in [5.41, 5.74) is 4.87. The van der Waals surface area contributed by atoms with Gasteiger partial charge in [-0.1, -0.05) is 30.3 Å². The van der Waals surface area contributed by atoms with Crippen LogP contribution in [0.15, 0.2) is 30.3 Å². The van der Waals surface area contributed by atoms with Crippen LogP contribution in [-0.4, -0.2) is 18.5 Å². The van der Waals surface area contributed by atoms with Crippen LogP contribution in [0.3, 0.4) is 0 Å². The zero-order chi connectivity index (χ0) is 12.2. The van der Waals surface area contributed by atoms with Gasteiger partial charge in [0.1, 0.15) is 0 Å². The molecule has 3 N–H and O–H groups in total. The maximum Gasteiger partial charge on any atom is 0.285 e. The zero-order valence-electron chi connectivity index (χ0n) is 8.91. The van der Waals surface area contributed by atoms with Gasteiger partial charge < -0.3 is 11.1 Å². The first kappa shape index (κ1) is 12.6. The van der Waals surface area contributed by atoms with E-state index in [0.717, 1.165) is 0 Å². The fraction of sp³-hybridized carbons (Fsp3) is 0.364. The van der Waals surface area contributed by atoms with Crippen LogP contribution in [0, 0.1) is 0 Å². The Morgan fingerprint density at radius 3 is 2.50 bits per heavy atom. The molecule has 1 aromatic carbocycles. The Bertz CT molecular complexity index is 354. The molecule has 0 heterocycles. The van der Waals surface area contributed by atoms with Crippen molar-refractivity contribution in [3.05, 3.63) is 35.9 Å². The van der Waals surface area contributed by atoms with Gasteiger partial charge in [0.2, 0.25) is 5.91 Å². The Morgan fingerprint density at radius 2 is 2.00 bits per heavy atom. The van der Waals surface area contributed by atoms with Gasteiger partial charge in [0, 0.05) is 5.56 Å². The molecule has 1 rings (SSSR count). The lowest BCUT2D eigenvalue weighted by Gasteiger charge is -2.19. The number of rotatable bonds is 5. The van der Waals surface area contributed by atoms with Crippen LogP contribution in [-0.2, 0) is 10.7 Å². The van der Waals surface area contributed by atoms with Crippen molar-refractivity contribution in [2.75, 3.05) is 6.54 Å². The number of hydrogen-bond donors (Lipinski definition) is 2. The molecule has 0 saturated carbocycles. The van der Waals surface area contributed by atoms with E-state index in [2.05, 4.69) is 5.32 Å². The topological polar surface area (TPSA) is 55.1 Å². The number of alkyl halides is 2. The summed E-state index contributed by atoms with van der Waals surface area (Å²) in [6, 6.07) is 6.67. The lowest BCUT2D eigenvalue weighted by Crippen LogP contribution is -2.43. The molecule has 0 bridgehead atoms. The molecule has 88 valence electrons. The minimum atomic E-state index is -3.01. The summed E-state index contributed by atoms with van der Waals surface area (Å²) in [5, 5.41) is 2.40. The molecule has 1 unspecified atom stereocenters. The molecule has 1 aromatic rings. The summed E-state index contributed by atoms with van der Waals surface area (Å²) < 4.78 is 27.1. The van der Waals surface area contributed by atoms with Crippen LogP contribution in [0.5, 0.6) is 0 Å². The predicted octanol–water partition coefficient (Wildman–Crippen LogP) is 1.24. The Kier molecular flexibility index (Phi) is 3.95. The predicted molar refractivity (Wildman–Crippen MR) is 57.0 cm³/mol. The van der Waals surface area contributed by atoms with Crippen molar-refractivity contribution in [3.8, 4) is 0 Å². The van der Waals surface area contributed by atoms with Crippen LogP contribution in [0.4, 0.5) is 8.78 Å². The number of nitrogens with one attached hydrogen (secondary N) is 1. The molecule has 16 heavy (non-hydrogen) atoms. The van der Waals surface area contributed by atoms with Crippen molar-refractivity contribution in [2.45, 2.75) is 18.9 Å². The van der Waals surface area contributed by atoms with Crippen LogP contribution < -0.4 is 11.1 Å². The van der Waals surface area contributed by atoms with E-state index in [1.165, 1.54) is 19.1 Å². The third kappa shape index (κ3) is 3.27. The molecule has 0 aliphatic rings. The summed E-state index contributed by atoms with van der Waals surface area (Å²) >= 11 is 0. The van der Waals surface area contributed by atoms with E-state index < -0.39 is 24.4 Å². The maximum absolute atomic E-state index is 13.6. The average molecular weight is 228 g/mol. The van der Waals surface area contributed by atoms with Gasteiger partial charge in [0.05, 0.1) is 12.6 Å². The van der Waals surface area contributed by atoms with Crippen molar-refractivity contribution in [1.82, 2.24) is 5.32 Å². The van der Waals surface area contributed by atoms with Crippen LogP contribution in [0.25, 0.3) is 0 Å². The molecular formula is C11H14F2N2O. The highest BCUT2D eigenvalue weighted by atomic mass is 19.3. The molecule has 0 spiro atoms. The second kappa shape index (κ2) is 5.03. The van der Waals surface area contributed by atoms with Crippen molar-refractivity contribution in [1.29, 1.82) is 0 Å². The standard InChI is InChI=1S/C11H14F2N2O/c1-8(10(14)16)15-7-11(12,13)9-5-3-2-4-6-9/h2-6,8,15H,7H2,1H3,(H2,14,16). The normalized spacial score (nSPS) is 13.4. The lowest BCUT2D eigenvalue weighted by molar-refractivity contribution is -0.120. The van der Waals surface area contributed by atoms with E-state index in [0.29, 0.717) is 0 Å². The quantitative estimate of drug-likeness (QED) is 0.796. The highest BCUT2D eigenvalue weighted by Gasteiger charge is 2.31. The van der Waals surface area contributed by atoms with E-state index >= 15 is 0 Å². The van der Waals surface area contributed by atoms with Gasteiger partial charge in [-0.3, -0.25) is 4.79 Å². The molecule has 1 amide bonds. The van der Waals surface area contributed by atoms with E-state index in [1.54, 1.807) is 18.2 Å². The minimum absolute atomic E-state index is 0.0841. The highest BCUT2D eigenvalue weighted by molar-refractivity contribution is 5.79. The van der Waals surface area contributed by atoms with Crippen LogP contribution >= 0.6 is 0 Å². The fourth-order valence-corrected chi connectivity index (χ4v) is 1.17. The molecular weight excluding hydrogens is 214 g/mol. The first-order valence-electron chi connectivity index (χ1n) is 4.89. The second-order valence-corrected chi connectivity index (χ2v) is 3.58. The number of nitrogens with two attached hydrogens (primary N) is 1. The van der Waals surface area contributed by atoms with Gasteiger partial charge in [-0.05, 0) is 6.92 Å². The van der Waals surface area contributed by atoms with Crippen LogP contribution in [0.1, 0.15) is 12.5 Å². The summed E-state index contributed by atoms with van der Waals surface area (Å²) in [7, 11) is 0. The van der Waals surface area contributed by atoms with Crippen molar-refractivity contribution in [3.63, 3.8) is 0 Å². The zero-order valence-corrected chi connectivity index (χ0v) is 8.91. The summed E-state index contributed by atoms with van der Waals surface area (Å²) in [6.07, 6.45) is 0. The van der Waals surface area contributed by atoms with Crippen molar-refractivity contribution >= 4 is 5.91 Å². The monoisotopic (exact) mass is 228 g/mol. The maximum atomic E-state index is 13.6. The molecule has 5 heteroatoms. The first-order chi connectivity index (χ1) is 7.43. The molecule has 0 aliphatic heterocycles. The summed E-state index contributed by atoms with van der Waals surface area (Å²) in [4.78, 5) is 10.7. The first-order valence-corrected chi connectivity index (χ1v) is 4.89. The second-order valence-electron chi connectivity index (χ2n) is 3.58. The van der Waals surface area contributed by atoms with Crippen molar-refractivity contribution < 1.29 is 13.6 Å². The summed E-state index contributed by atoms with van der Waals surface area (Å²) in [5.74, 6) is -3.66. The fourth-order valence-electron chi connectivity index (χ4n) is 1.17. The number of hydrogen-bond acceptors (Lipinski definition) is 2. The van der Waals surface area contributed by atoms with Crippen LogP contribution in [0.2, 0.25) is 0 Å². The van der Waals surface area contributed by atoms with Gasteiger partial charge in [-0.15, -0.1) is 0 Å². The Morgan fingerprint density at radius 1 is 1.44 bits per heavy atom. The number of benzene rings is 1. The molecule has 0 radical (unpaired) electrons. The summed E-state index contributed by atoms with van der Waals surface area (Å²) in [6.45, 7) is 0.838. The number of carbonyl (C=O) groups excluding carboxylic acids is 1. The SMILES string of the molecule is CC(NCC(F)(F)c1ccccc1)C(N)=O. The van der Waals surface area contributed by atoms with Gasteiger partial charge >= 0.3 is 0 Å². The molecule has 0 aromatic heterocycles. The molecule has 3 nitrogen and oxygen atoms in total. The lowest BCUT2D eigenvalue weighted by atomic mass is 10.1. The Labute approximate surface area is 92.6 Å². The molecule has 0 saturated heterocycles. The van der Waals surface area contributed by atoms with E-state index in [1.807, 2.05) is 0 Å². The van der Waals surface area contributed by atoms with E-state index in [4.69, 9.17) is 5.73 Å². The Balaban J connectivity index is 2.62. The van der Waals surface area contributed by atoms with Crippen molar-refractivity contribution in [2.24, 2.45) is 5.73 Å².